The SMILES string of the molecule is CNC(=O)C1CCCN1c1ccnc(NC)c1. The van der Waals surface area contributed by atoms with Crippen molar-refractivity contribution in [1.29, 1.82) is 0 Å². The van der Waals surface area contributed by atoms with Crippen molar-refractivity contribution in [2.75, 3.05) is 30.9 Å². The number of anilines is 2. The summed E-state index contributed by atoms with van der Waals surface area (Å²) in [6, 6.07) is 3.87. The number of nitrogens with zero attached hydrogens (tertiary/aromatic N) is 2. The zero-order valence-electron chi connectivity index (χ0n) is 10.2. The fourth-order valence-electron chi connectivity index (χ4n) is 2.25. The second-order valence-electron chi connectivity index (χ2n) is 4.11. The van der Waals surface area contributed by atoms with Crippen LogP contribution < -0.4 is 15.5 Å². The fraction of sp³-hybridized carbons (Fsp3) is 0.500. The second-order valence-corrected chi connectivity index (χ2v) is 4.11. The summed E-state index contributed by atoms with van der Waals surface area (Å²) in [5.41, 5.74) is 1.05. The summed E-state index contributed by atoms with van der Waals surface area (Å²) in [5.74, 6) is 0.912. The van der Waals surface area contributed by atoms with Crippen LogP contribution in [0.5, 0.6) is 0 Å². The van der Waals surface area contributed by atoms with E-state index in [2.05, 4.69) is 20.5 Å². The van der Waals surface area contributed by atoms with Crippen molar-refractivity contribution in [3.05, 3.63) is 18.3 Å². The van der Waals surface area contributed by atoms with Crippen molar-refractivity contribution >= 4 is 17.4 Å². The van der Waals surface area contributed by atoms with E-state index in [1.54, 1.807) is 13.2 Å². The van der Waals surface area contributed by atoms with Crippen LogP contribution in [0.4, 0.5) is 11.5 Å². The third-order valence-corrected chi connectivity index (χ3v) is 3.13. The normalized spacial score (nSPS) is 19.2. The molecule has 1 amide bonds. The van der Waals surface area contributed by atoms with E-state index in [0.717, 1.165) is 30.9 Å². The number of carbonyl (C=O) groups excluding carboxylic acids is 1. The molecule has 2 N–H and O–H groups in total. The zero-order chi connectivity index (χ0) is 12.3. The van der Waals surface area contributed by atoms with Gasteiger partial charge in [0.2, 0.25) is 5.91 Å². The van der Waals surface area contributed by atoms with Gasteiger partial charge in [-0.1, -0.05) is 0 Å². The lowest BCUT2D eigenvalue weighted by Crippen LogP contribution is -2.42. The van der Waals surface area contributed by atoms with Crippen LogP contribution in [-0.4, -0.2) is 37.6 Å². The Morgan fingerprint density at radius 3 is 3.06 bits per heavy atom. The van der Waals surface area contributed by atoms with Gasteiger partial charge in [0.15, 0.2) is 0 Å². The van der Waals surface area contributed by atoms with Crippen LogP contribution in [0, 0.1) is 0 Å². The van der Waals surface area contributed by atoms with Crippen molar-refractivity contribution in [3.63, 3.8) is 0 Å². The lowest BCUT2D eigenvalue weighted by Gasteiger charge is -2.25. The largest absolute Gasteiger partial charge is 0.373 e. The minimum absolute atomic E-state index is 0.0490. The molecule has 1 fully saturated rings. The van der Waals surface area contributed by atoms with Gasteiger partial charge in [0, 0.05) is 38.6 Å². The molecule has 1 aromatic heterocycles. The molecule has 92 valence electrons. The number of amides is 1. The van der Waals surface area contributed by atoms with Gasteiger partial charge in [-0.25, -0.2) is 4.98 Å². The third-order valence-electron chi connectivity index (χ3n) is 3.13. The Bertz CT molecular complexity index is 407. The minimum Gasteiger partial charge on any atom is -0.373 e. The van der Waals surface area contributed by atoms with Crippen LogP contribution in [0.2, 0.25) is 0 Å². The Hall–Kier alpha value is -1.78. The van der Waals surface area contributed by atoms with Crippen LogP contribution in [0.3, 0.4) is 0 Å². The second kappa shape index (κ2) is 5.03. The standard InChI is InChI=1S/C12H18N4O/c1-13-11-8-9(5-6-15-11)16-7-3-4-10(16)12(17)14-2/h5-6,8,10H,3-4,7H2,1-2H3,(H,13,15)(H,14,17). The molecule has 0 aromatic carbocycles. The van der Waals surface area contributed by atoms with Crippen LogP contribution >= 0.6 is 0 Å². The molecule has 1 saturated heterocycles. The molecule has 0 spiro atoms. The van der Waals surface area contributed by atoms with Crippen LogP contribution in [-0.2, 0) is 4.79 Å². The number of carbonyl (C=O) groups is 1. The predicted molar refractivity (Wildman–Crippen MR) is 68.2 cm³/mol. The molecule has 1 unspecified atom stereocenters. The number of nitrogens with one attached hydrogen (secondary N) is 2. The predicted octanol–water partition coefficient (Wildman–Crippen LogP) is 0.838. The first kappa shape index (κ1) is 11.7. The first-order valence-corrected chi connectivity index (χ1v) is 5.88. The Morgan fingerprint density at radius 1 is 1.53 bits per heavy atom. The fourth-order valence-corrected chi connectivity index (χ4v) is 2.25. The quantitative estimate of drug-likeness (QED) is 0.813. The molecule has 0 aliphatic carbocycles. The average molecular weight is 234 g/mol. The summed E-state index contributed by atoms with van der Waals surface area (Å²) in [6.45, 7) is 0.922. The summed E-state index contributed by atoms with van der Waals surface area (Å²) in [6.07, 6.45) is 3.73. The lowest BCUT2D eigenvalue weighted by atomic mass is 10.2. The van der Waals surface area contributed by atoms with Gasteiger partial charge in [0.25, 0.3) is 0 Å². The van der Waals surface area contributed by atoms with Crippen molar-refractivity contribution in [1.82, 2.24) is 10.3 Å². The molecule has 0 radical (unpaired) electrons. The lowest BCUT2D eigenvalue weighted by molar-refractivity contribution is -0.121. The van der Waals surface area contributed by atoms with Gasteiger partial charge in [-0.15, -0.1) is 0 Å². The third kappa shape index (κ3) is 2.33. The topological polar surface area (TPSA) is 57.3 Å². The van der Waals surface area contributed by atoms with Crippen LogP contribution in [0.25, 0.3) is 0 Å². The highest BCUT2D eigenvalue weighted by Gasteiger charge is 2.30. The molecule has 2 rings (SSSR count). The van der Waals surface area contributed by atoms with Crippen molar-refractivity contribution in [2.45, 2.75) is 18.9 Å². The van der Waals surface area contributed by atoms with Crippen molar-refractivity contribution in [2.24, 2.45) is 0 Å². The van der Waals surface area contributed by atoms with Gasteiger partial charge >= 0.3 is 0 Å². The Kier molecular flexibility index (Phi) is 3.46. The summed E-state index contributed by atoms with van der Waals surface area (Å²) in [7, 11) is 3.52. The molecular weight excluding hydrogens is 216 g/mol. The van der Waals surface area contributed by atoms with Gasteiger partial charge in [-0.2, -0.15) is 0 Å². The molecule has 1 aliphatic heterocycles. The summed E-state index contributed by atoms with van der Waals surface area (Å²) >= 11 is 0. The maximum absolute atomic E-state index is 11.8. The minimum atomic E-state index is -0.0490. The van der Waals surface area contributed by atoms with E-state index in [1.807, 2.05) is 19.2 Å². The van der Waals surface area contributed by atoms with E-state index in [9.17, 15) is 4.79 Å². The van der Waals surface area contributed by atoms with E-state index in [4.69, 9.17) is 0 Å². The smallest absolute Gasteiger partial charge is 0.242 e. The number of hydrogen-bond acceptors (Lipinski definition) is 4. The molecular formula is C12H18N4O. The van der Waals surface area contributed by atoms with Gasteiger partial charge in [-0.05, 0) is 18.9 Å². The van der Waals surface area contributed by atoms with Crippen molar-refractivity contribution in [3.8, 4) is 0 Å². The maximum atomic E-state index is 11.8. The van der Waals surface area contributed by atoms with Crippen molar-refractivity contribution < 1.29 is 4.79 Å². The summed E-state index contributed by atoms with van der Waals surface area (Å²) < 4.78 is 0. The number of aromatic nitrogens is 1. The number of rotatable bonds is 3. The van der Waals surface area contributed by atoms with E-state index in [1.165, 1.54) is 0 Å². The molecule has 5 heteroatoms. The van der Waals surface area contributed by atoms with Crippen LogP contribution in [0.15, 0.2) is 18.3 Å². The zero-order valence-corrected chi connectivity index (χ0v) is 10.2. The van der Waals surface area contributed by atoms with Gasteiger partial charge in [0.05, 0.1) is 0 Å². The molecule has 5 nitrogen and oxygen atoms in total. The highest BCUT2D eigenvalue weighted by molar-refractivity contribution is 5.85. The first-order valence-electron chi connectivity index (χ1n) is 5.88. The number of likely N-dealkylation sites (N-methyl/N-ethyl adjacent to an activating group) is 1. The highest BCUT2D eigenvalue weighted by Crippen LogP contribution is 2.26. The highest BCUT2D eigenvalue weighted by atomic mass is 16.2. The Balaban J connectivity index is 2.22. The molecule has 2 heterocycles. The molecule has 1 aromatic rings. The van der Waals surface area contributed by atoms with E-state index in [0.29, 0.717) is 0 Å². The number of hydrogen-bond donors (Lipinski definition) is 2. The first-order chi connectivity index (χ1) is 8.26. The molecule has 1 aliphatic rings. The molecule has 0 bridgehead atoms. The Labute approximate surface area is 101 Å². The summed E-state index contributed by atoms with van der Waals surface area (Å²) in [4.78, 5) is 18.1. The van der Waals surface area contributed by atoms with E-state index in [-0.39, 0.29) is 11.9 Å². The van der Waals surface area contributed by atoms with Crippen LogP contribution in [0.1, 0.15) is 12.8 Å². The average Bonchev–Trinajstić information content (AvgIpc) is 2.87. The maximum Gasteiger partial charge on any atom is 0.242 e. The molecule has 1 atom stereocenters. The van der Waals surface area contributed by atoms with E-state index >= 15 is 0 Å². The van der Waals surface area contributed by atoms with Gasteiger partial charge in [-0.3, -0.25) is 4.79 Å². The monoisotopic (exact) mass is 234 g/mol. The van der Waals surface area contributed by atoms with Gasteiger partial charge < -0.3 is 15.5 Å². The molecule has 17 heavy (non-hydrogen) atoms. The van der Waals surface area contributed by atoms with Gasteiger partial charge in [0.1, 0.15) is 11.9 Å². The summed E-state index contributed by atoms with van der Waals surface area (Å²) in [5, 5.41) is 5.73. The number of pyridine rings is 1. The molecule has 0 saturated carbocycles. The van der Waals surface area contributed by atoms with E-state index < -0.39 is 0 Å². The Morgan fingerprint density at radius 2 is 2.35 bits per heavy atom.